The molecule has 1 saturated heterocycles. The molecule has 1 aromatic heterocycles. The molecule has 1 aromatic carbocycles. The molecule has 1 fully saturated rings. The number of aromatic nitrogens is 1. The van der Waals surface area contributed by atoms with Crippen molar-refractivity contribution in [2.45, 2.75) is 13.3 Å². The second-order valence-corrected chi connectivity index (χ2v) is 7.89. The number of benzene rings is 1. The number of hydrogen-bond acceptors (Lipinski definition) is 4. The third kappa shape index (κ3) is 4.29. The minimum atomic E-state index is -0.396. The molecule has 0 atom stereocenters. The lowest BCUT2D eigenvalue weighted by atomic mass is 10.0. The third-order valence-corrected chi connectivity index (χ3v) is 5.76. The highest BCUT2D eigenvalue weighted by atomic mass is 19.1. The number of amides is 2. The van der Waals surface area contributed by atoms with Crippen LogP contribution in [0.25, 0.3) is 11.6 Å². The van der Waals surface area contributed by atoms with Crippen LogP contribution in [0.3, 0.4) is 0 Å². The zero-order chi connectivity index (χ0) is 21.3. The van der Waals surface area contributed by atoms with Gasteiger partial charge in [0.05, 0.1) is 11.3 Å². The maximum atomic E-state index is 13.6. The predicted octanol–water partition coefficient (Wildman–Crippen LogP) is 2.53. The number of nitrogens with zero attached hydrogens (tertiary/aromatic N) is 2. The van der Waals surface area contributed by atoms with Crippen molar-refractivity contribution in [2.75, 3.05) is 50.4 Å². The molecule has 3 N–H and O–H groups in total. The summed E-state index contributed by atoms with van der Waals surface area (Å²) < 4.78 is 13.6. The number of likely N-dealkylation sites (N-methyl/N-ethyl adjacent to an activating group) is 1. The fraction of sp³-hybridized carbons (Fsp3) is 0.364. The molecule has 0 aliphatic carbocycles. The number of carbonyl (C=O) groups is 2. The molecule has 2 amide bonds. The van der Waals surface area contributed by atoms with Crippen LogP contribution in [0.15, 0.2) is 24.4 Å². The van der Waals surface area contributed by atoms with Gasteiger partial charge in [0, 0.05) is 62.3 Å². The van der Waals surface area contributed by atoms with E-state index in [4.69, 9.17) is 0 Å². The number of nitrogens with one attached hydrogen (secondary N) is 3. The molecule has 0 spiro atoms. The highest BCUT2D eigenvalue weighted by molar-refractivity contribution is 6.34. The number of piperazine rings is 1. The molecule has 30 heavy (non-hydrogen) atoms. The lowest BCUT2D eigenvalue weighted by Gasteiger charge is -2.32. The number of hydrogen-bond donors (Lipinski definition) is 3. The van der Waals surface area contributed by atoms with Crippen molar-refractivity contribution in [3.05, 3.63) is 47.0 Å². The van der Waals surface area contributed by atoms with Gasteiger partial charge in [-0.1, -0.05) is 0 Å². The van der Waals surface area contributed by atoms with Crippen LogP contribution >= 0.6 is 0 Å². The third-order valence-electron chi connectivity index (χ3n) is 5.76. The van der Waals surface area contributed by atoms with Crippen molar-refractivity contribution in [3.8, 4) is 0 Å². The van der Waals surface area contributed by atoms with Crippen LogP contribution in [0.1, 0.15) is 23.2 Å². The highest BCUT2D eigenvalue weighted by Gasteiger charge is 2.25. The van der Waals surface area contributed by atoms with E-state index in [1.165, 1.54) is 12.1 Å². The van der Waals surface area contributed by atoms with Crippen LogP contribution in [0.5, 0.6) is 0 Å². The number of carbonyl (C=O) groups excluding carboxylic acids is 2. The van der Waals surface area contributed by atoms with Crippen molar-refractivity contribution in [3.63, 3.8) is 0 Å². The van der Waals surface area contributed by atoms with Crippen molar-refractivity contribution in [2.24, 2.45) is 0 Å². The lowest BCUT2D eigenvalue weighted by molar-refractivity contribution is -0.116. The van der Waals surface area contributed by atoms with E-state index in [1.54, 1.807) is 18.3 Å². The van der Waals surface area contributed by atoms with Gasteiger partial charge in [-0.3, -0.25) is 9.59 Å². The molecule has 0 bridgehead atoms. The molecule has 0 radical (unpaired) electrons. The molecular weight excluding hydrogens is 385 g/mol. The van der Waals surface area contributed by atoms with E-state index in [1.807, 2.05) is 6.92 Å². The van der Waals surface area contributed by atoms with Gasteiger partial charge in [-0.15, -0.1) is 0 Å². The largest absolute Gasteiger partial charge is 0.360 e. The van der Waals surface area contributed by atoms with Gasteiger partial charge in [0.1, 0.15) is 5.82 Å². The molecule has 158 valence electrons. The minimum Gasteiger partial charge on any atom is -0.360 e. The minimum absolute atomic E-state index is 0.0405. The Morgan fingerprint density at radius 1 is 1.27 bits per heavy atom. The first-order chi connectivity index (χ1) is 14.4. The van der Waals surface area contributed by atoms with Gasteiger partial charge in [-0.05, 0) is 43.8 Å². The Labute approximate surface area is 174 Å². The summed E-state index contributed by atoms with van der Waals surface area (Å²) in [4.78, 5) is 32.4. The molecular formula is C22H26FN5O2. The Kier molecular flexibility index (Phi) is 5.69. The molecule has 3 heterocycles. The summed E-state index contributed by atoms with van der Waals surface area (Å²) in [6.07, 6.45) is 3.84. The smallest absolute Gasteiger partial charge is 0.256 e. The van der Waals surface area contributed by atoms with Crippen LogP contribution in [0.2, 0.25) is 0 Å². The molecule has 8 heteroatoms. The topological polar surface area (TPSA) is 80.5 Å². The average molecular weight is 411 g/mol. The van der Waals surface area contributed by atoms with Crippen LogP contribution in [-0.2, 0) is 9.59 Å². The van der Waals surface area contributed by atoms with Gasteiger partial charge < -0.3 is 25.4 Å². The summed E-state index contributed by atoms with van der Waals surface area (Å²) in [5, 5.41) is 5.69. The van der Waals surface area contributed by atoms with E-state index in [0.717, 1.165) is 38.3 Å². The van der Waals surface area contributed by atoms with E-state index < -0.39 is 5.82 Å². The zero-order valence-electron chi connectivity index (χ0n) is 17.2. The number of aromatic amines is 1. The van der Waals surface area contributed by atoms with Gasteiger partial charge in [0.15, 0.2) is 0 Å². The number of rotatable bonds is 5. The van der Waals surface area contributed by atoms with Crippen molar-refractivity contribution < 1.29 is 14.0 Å². The SMILES string of the molecule is Cc1c(NC(=O)CCN2CCN(C)CC2)c[nH]c1/C=C1\C(=O)Nc2ccc(F)cc21. The molecule has 2 aliphatic heterocycles. The fourth-order valence-corrected chi connectivity index (χ4v) is 3.78. The van der Waals surface area contributed by atoms with Gasteiger partial charge in [0.25, 0.3) is 5.91 Å². The summed E-state index contributed by atoms with van der Waals surface area (Å²) in [5.74, 6) is -0.712. The van der Waals surface area contributed by atoms with Crippen LogP contribution in [0.4, 0.5) is 15.8 Å². The number of halogens is 1. The maximum absolute atomic E-state index is 13.6. The van der Waals surface area contributed by atoms with Gasteiger partial charge in [-0.25, -0.2) is 4.39 Å². The molecule has 0 unspecified atom stereocenters. The van der Waals surface area contributed by atoms with Crippen LogP contribution < -0.4 is 10.6 Å². The standard InChI is InChI=1S/C22H26FN5O2/c1-14-19(12-17-16-11-15(23)3-4-18(16)26-22(17)30)24-13-20(14)25-21(29)5-6-28-9-7-27(2)8-10-28/h3-4,11-13,24H,5-10H2,1-2H3,(H,25,29)(H,26,30)/b17-12-. The second kappa shape index (κ2) is 8.41. The fourth-order valence-electron chi connectivity index (χ4n) is 3.78. The number of H-pyrrole nitrogens is 1. The predicted molar refractivity (Wildman–Crippen MR) is 116 cm³/mol. The van der Waals surface area contributed by atoms with E-state index in [9.17, 15) is 14.0 Å². The summed E-state index contributed by atoms with van der Waals surface area (Å²) in [7, 11) is 2.11. The van der Waals surface area contributed by atoms with Gasteiger partial charge in [-0.2, -0.15) is 0 Å². The van der Waals surface area contributed by atoms with Crippen molar-refractivity contribution in [1.82, 2.24) is 14.8 Å². The Morgan fingerprint density at radius 3 is 2.80 bits per heavy atom. The van der Waals surface area contributed by atoms with E-state index >= 15 is 0 Å². The molecule has 2 aromatic rings. The van der Waals surface area contributed by atoms with Crippen molar-refractivity contribution in [1.29, 1.82) is 0 Å². The quantitative estimate of drug-likeness (QED) is 0.661. The van der Waals surface area contributed by atoms with E-state index in [0.29, 0.717) is 34.6 Å². The summed E-state index contributed by atoms with van der Waals surface area (Å²) in [6.45, 7) is 6.62. The number of anilines is 2. The number of fused-ring (bicyclic) bond motifs is 1. The first-order valence-corrected chi connectivity index (χ1v) is 10.1. The lowest BCUT2D eigenvalue weighted by Crippen LogP contribution is -2.45. The normalized spacial score (nSPS) is 18.5. The van der Waals surface area contributed by atoms with E-state index in [-0.39, 0.29) is 11.8 Å². The summed E-state index contributed by atoms with van der Waals surface area (Å²) >= 11 is 0. The molecule has 0 saturated carbocycles. The maximum Gasteiger partial charge on any atom is 0.256 e. The van der Waals surface area contributed by atoms with Gasteiger partial charge >= 0.3 is 0 Å². The Balaban J connectivity index is 1.42. The average Bonchev–Trinajstić information content (AvgIpc) is 3.21. The first-order valence-electron chi connectivity index (χ1n) is 10.1. The van der Waals surface area contributed by atoms with Crippen LogP contribution in [0, 0.1) is 12.7 Å². The molecule has 7 nitrogen and oxygen atoms in total. The van der Waals surface area contributed by atoms with Crippen molar-refractivity contribution >= 4 is 34.8 Å². The highest BCUT2D eigenvalue weighted by Crippen LogP contribution is 2.34. The first kappa shape index (κ1) is 20.3. The monoisotopic (exact) mass is 411 g/mol. The Bertz CT molecular complexity index is 1000. The van der Waals surface area contributed by atoms with Gasteiger partial charge in [0.2, 0.25) is 5.91 Å². The van der Waals surface area contributed by atoms with E-state index in [2.05, 4.69) is 32.5 Å². The summed E-state index contributed by atoms with van der Waals surface area (Å²) in [6, 6.07) is 4.22. The molecule has 4 rings (SSSR count). The summed E-state index contributed by atoms with van der Waals surface area (Å²) in [5.41, 5.74) is 3.73. The molecule has 2 aliphatic rings. The van der Waals surface area contributed by atoms with Crippen LogP contribution in [-0.4, -0.2) is 66.4 Å². The second-order valence-electron chi connectivity index (χ2n) is 7.89. The Hall–Kier alpha value is -2.97. The Morgan fingerprint density at radius 2 is 2.03 bits per heavy atom. The zero-order valence-corrected chi connectivity index (χ0v) is 17.2.